The van der Waals surface area contributed by atoms with Crippen LogP contribution in [0, 0.1) is 5.82 Å². The average molecular weight is 314 g/mol. The van der Waals surface area contributed by atoms with Crippen LogP contribution in [0.3, 0.4) is 0 Å². The number of amides is 1. The molecular formula is C13H13ClFN3O3. The van der Waals surface area contributed by atoms with E-state index in [-0.39, 0.29) is 28.4 Å². The zero-order chi connectivity index (χ0) is 15.6. The minimum atomic E-state index is -1.29. The van der Waals surface area contributed by atoms with E-state index in [0.717, 1.165) is 10.7 Å². The molecule has 2 aromatic rings. The number of aromatic nitrogens is 2. The van der Waals surface area contributed by atoms with E-state index in [0.29, 0.717) is 0 Å². The summed E-state index contributed by atoms with van der Waals surface area (Å²) in [6.07, 6.45) is -1.29. The molecule has 0 spiro atoms. The van der Waals surface area contributed by atoms with Gasteiger partial charge in [-0.25, -0.2) is 4.39 Å². The topological polar surface area (TPSA) is 87.1 Å². The van der Waals surface area contributed by atoms with E-state index in [1.165, 1.54) is 25.2 Å². The number of carbonyl (C=O) groups is 1. The molecule has 3 N–H and O–H groups in total. The predicted molar refractivity (Wildman–Crippen MR) is 74.7 cm³/mol. The van der Waals surface area contributed by atoms with E-state index < -0.39 is 17.8 Å². The van der Waals surface area contributed by atoms with Crippen LogP contribution in [0.1, 0.15) is 22.2 Å². The third-order valence-electron chi connectivity index (χ3n) is 2.92. The molecule has 112 valence electrons. The Labute approximate surface area is 124 Å². The van der Waals surface area contributed by atoms with Crippen molar-refractivity contribution < 1.29 is 14.3 Å². The molecule has 8 heteroatoms. The van der Waals surface area contributed by atoms with Crippen molar-refractivity contribution in [3.05, 3.63) is 56.7 Å². The summed E-state index contributed by atoms with van der Waals surface area (Å²) in [4.78, 5) is 23.0. The number of aliphatic hydroxyl groups excluding tert-OH is 1. The van der Waals surface area contributed by atoms with Crippen molar-refractivity contribution in [1.29, 1.82) is 0 Å². The Balaban J connectivity index is 2.06. The van der Waals surface area contributed by atoms with Crippen molar-refractivity contribution >= 4 is 17.5 Å². The van der Waals surface area contributed by atoms with Crippen LogP contribution in [0.15, 0.2) is 29.1 Å². The quantitative estimate of drug-likeness (QED) is 0.786. The normalized spacial score (nSPS) is 12.2. The highest BCUT2D eigenvalue weighted by Crippen LogP contribution is 2.25. The number of rotatable bonds is 4. The van der Waals surface area contributed by atoms with Gasteiger partial charge in [0.15, 0.2) is 0 Å². The molecule has 0 fully saturated rings. The number of hydrogen-bond acceptors (Lipinski definition) is 3. The fourth-order valence-electron chi connectivity index (χ4n) is 1.82. The van der Waals surface area contributed by atoms with Crippen molar-refractivity contribution in [2.75, 3.05) is 6.54 Å². The molecule has 1 atom stereocenters. The smallest absolute Gasteiger partial charge is 0.269 e. The third-order valence-corrected chi connectivity index (χ3v) is 3.25. The highest BCUT2D eigenvalue weighted by atomic mass is 35.5. The summed E-state index contributed by atoms with van der Waals surface area (Å²) < 4.78 is 14.7. The van der Waals surface area contributed by atoms with E-state index in [4.69, 9.17) is 11.6 Å². The average Bonchev–Trinajstić information content (AvgIpc) is 2.76. The van der Waals surface area contributed by atoms with Crippen molar-refractivity contribution in [3.63, 3.8) is 0 Å². The Morgan fingerprint density at radius 3 is 2.86 bits per heavy atom. The zero-order valence-electron chi connectivity index (χ0n) is 11.1. The molecule has 0 radical (unpaired) electrons. The van der Waals surface area contributed by atoms with Gasteiger partial charge >= 0.3 is 0 Å². The van der Waals surface area contributed by atoms with Gasteiger partial charge in [-0.15, -0.1) is 0 Å². The van der Waals surface area contributed by atoms with Gasteiger partial charge in [0.2, 0.25) is 0 Å². The van der Waals surface area contributed by atoms with E-state index >= 15 is 0 Å². The molecule has 0 aliphatic carbocycles. The monoisotopic (exact) mass is 313 g/mol. The molecular weight excluding hydrogens is 301 g/mol. The second-order valence-electron chi connectivity index (χ2n) is 4.43. The Morgan fingerprint density at radius 2 is 2.29 bits per heavy atom. The van der Waals surface area contributed by atoms with E-state index in [2.05, 4.69) is 10.4 Å². The zero-order valence-corrected chi connectivity index (χ0v) is 11.8. The largest absolute Gasteiger partial charge is 0.386 e. The maximum Gasteiger partial charge on any atom is 0.269 e. The number of nitrogens with zero attached hydrogens (tertiary/aromatic N) is 1. The number of H-pyrrole nitrogens is 1. The maximum atomic E-state index is 13.6. The molecule has 1 aromatic heterocycles. The van der Waals surface area contributed by atoms with Gasteiger partial charge in [0.1, 0.15) is 17.6 Å². The van der Waals surface area contributed by atoms with Gasteiger partial charge < -0.3 is 10.4 Å². The molecule has 0 aliphatic heterocycles. The summed E-state index contributed by atoms with van der Waals surface area (Å²) in [6, 6.07) is 5.15. The lowest BCUT2D eigenvalue weighted by atomic mass is 10.1. The van der Waals surface area contributed by atoms with Gasteiger partial charge in [0, 0.05) is 30.2 Å². The minimum absolute atomic E-state index is 0.0503. The summed E-state index contributed by atoms with van der Waals surface area (Å²) in [7, 11) is 1.47. The first-order chi connectivity index (χ1) is 9.90. The van der Waals surface area contributed by atoms with Gasteiger partial charge in [-0.1, -0.05) is 17.7 Å². The minimum Gasteiger partial charge on any atom is -0.386 e. The molecule has 0 saturated carbocycles. The van der Waals surface area contributed by atoms with Gasteiger partial charge in [-0.2, -0.15) is 0 Å². The van der Waals surface area contributed by atoms with E-state index in [1.54, 1.807) is 0 Å². The first-order valence-electron chi connectivity index (χ1n) is 6.06. The van der Waals surface area contributed by atoms with Crippen molar-refractivity contribution in [2.24, 2.45) is 7.05 Å². The van der Waals surface area contributed by atoms with Crippen LogP contribution in [0.2, 0.25) is 5.02 Å². The van der Waals surface area contributed by atoms with Crippen molar-refractivity contribution in [3.8, 4) is 0 Å². The van der Waals surface area contributed by atoms with Crippen molar-refractivity contribution in [2.45, 2.75) is 6.10 Å². The second kappa shape index (κ2) is 6.11. The van der Waals surface area contributed by atoms with Crippen LogP contribution in [-0.2, 0) is 7.05 Å². The maximum absolute atomic E-state index is 13.6. The van der Waals surface area contributed by atoms with Crippen molar-refractivity contribution in [1.82, 2.24) is 15.1 Å². The SMILES string of the molecule is Cn1[nH]c(C(=O)NCC(O)c2c(F)cccc2Cl)cc1=O. The predicted octanol–water partition coefficient (Wildman–Crippen LogP) is 0.969. The number of halogens is 2. The molecule has 0 aliphatic rings. The van der Waals surface area contributed by atoms with Crippen LogP contribution >= 0.6 is 11.6 Å². The molecule has 1 heterocycles. The lowest BCUT2D eigenvalue weighted by Crippen LogP contribution is -2.29. The van der Waals surface area contributed by atoms with E-state index in [9.17, 15) is 19.1 Å². The second-order valence-corrected chi connectivity index (χ2v) is 4.84. The molecule has 1 aromatic carbocycles. The van der Waals surface area contributed by atoms with Crippen LogP contribution in [0.5, 0.6) is 0 Å². The first-order valence-corrected chi connectivity index (χ1v) is 6.44. The number of benzene rings is 1. The Bertz CT molecular complexity index is 705. The number of nitrogens with one attached hydrogen (secondary N) is 2. The summed E-state index contributed by atoms with van der Waals surface area (Å²) in [6.45, 7) is -0.240. The Hall–Kier alpha value is -2.12. The van der Waals surface area contributed by atoms with Crippen LogP contribution in [0.25, 0.3) is 0 Å². The lowest BCUT2D eigenvalue weighted by Gasteiger charge is -2.14. The summed E-state index contributed by atoms with van der Waals surface area (Å²) in [5.41, 5.74) is -0.395. The highest BCUT2D eigenvalue weighted by molar-refractivity contribution is 6.31. The van der Waals surface area contributed by atoms with Crippen LogP contribution in [0.4, 0.5) is 4.39 Å². The Morgan fingerprint density at radius 1 is 1.57 bits per heavy atom. The summed E-state index contributed by atoms with van der Waals surface area (Å²) >= 11 is 5.82. The number of hydrogen-bond donors (Lipinski definition) is 3. The number of aromatic amines is 1. The van der Waals surface area contributed by atoms with Crippen LogP contribution in [-0.4, -0.2) is 27.3 Å². The van der Waals surface area contributed by atoms with Gasteiger partial charge in [0.25, 0.3) is 11.5 Å². The molecule has 0 saturated heterocycles. The molecule has 1 unspecified atom stereocenters. The summed E-state index contributed by atoms with van der Waals surface area (Å²) in [5, 5.41) is 14.9. The number of carbonyl (C=O) groups excluding carboxylic acids is 1. The molecule has 1 amide bonds. The standard InChI is InChI=1S/C13H13ClFN3O3/c1-18-11(20)5-9(17-18)13(21)16-6-10(19)12-7(14)3-2-4-8(12)15/h2-5,10,17,19H,6H2,1H3,(H,16,21). The lowest BCUT2D eigenvalue weighted by molar-refractivity contribution is 0.0908. The van der Waals surface area contributed by atoms with Gasteiger partial charge in [-0.3, -0.25) is 19.4 Å². The fraction of sp³-hybridized carbons (Fsp3) is 0.231. The van der Waals surface area contributed by atoms with Crippen LogP contribution < -0.4 is 10.9 Å². The number of aryl methyl sites for hydroxylation is 1. The van der Waals surface area contributed by atoms with Gasteiger partial charge in [0.05, 0.1) is 0 Å². The van der Waals surface area contributed by atoms with Gasteiger partial charge in [-0.05, 0) is 12.1 Å². The molecule has 21 heavy (non-hydrogen) atoms. The molecule has 2 rings (SSSR count). The fourth-order valence-corrected chi connectivity index (χ4v) is 2.11. The number of aliphatic hydroxyl groups is 1. The summed E-state index contributed by atoms with van der Waals surface area (Å²) in [5.74, 6) is -1.24. The molecule has 0 bridgehead atoms. The third kappa shape index (κ3) is 3.32. The highest BCUT2D eigenvalue weighted by Gasteiger charge is 2.18. The Kier molecular flexibility index (Phi) is 4.44. The molecule has 6 nitrogen and oxygen atoms in total. The van der Waals surface area contributed by atoms with E-state index in [1.807, 2.05) is 0 Å². The first kappa shape index (κ1) is 15.3.